The van der Waals surface area contributed by atoms with Crippen LogP contribution in [-0.4, -0.2) is 14.9 Å². The van der Waals surface area contributed by atoms with E-state index in [4.69, 9.17) is 0 Å². The second kappa shape index (κ2) is 8.01. The Bertz CT molecular complexity index is 924. The smallest absolute Gasteiger partial charge is 0.311 e. The summed E-state index contributed by atoms with van der Waals surface area (Å²) in [6.45, 7) is 0.377. The fraction of sp³-hybridized carbons (Fsp3) is 0.111. The zero-order valence-electron chi connectivity index (χ0n) is 13.5. The minimum Gasteiger partial charge on any atom is -0.341 e. The molecule has 3 aromatic rings. The van der Waals surface area contributed by atoms with Crippen LogP contribution < -0.4 is 4.90 Å². The lowest BCUT2D eigenvalue weighted by Crippen LogP contribution is -2.25. The van der Waals surface area contributed by atoms with Crippen molar-refractivity contribution in [2.45, 2.75) is 13.1 Å². The van der Waals surface area contributed by atoms with E-state index < -0.39 is 10.7 Å². The Hall–Kier alpha value is -2.87. The fourth-order valence-corrected chi connectivity index (χ4v) is 2.86. The molecule has 0 amide bonds. The molecule has 0 spiro atoms. The molecule has 26 heavy (non-hydrogen) atoms. The Morgan fingerprint density at radius 2 is 1.88 bits per heavy atom. The highest BCUT2D eigenvalue weighted by atomic mass is 79.9. The maximum Gasteiger partial charge on any atom is 0.311 e. The quantitative estimate of drug-likeness (QED) is 0.437. The first kappa shape index (κ1) is 17.9. The molecule has 0 saturated carbocycles. The summed E-state index contributed by atoms with van der Waals surface area (Å²) < 4.78 is 14.9. The van der Waals surface area contributed by atoms with E-state index in [1.165, 1.54) is 24.4 Å². The second-order valence-electron chi connectivity index (χ2n) is 5.52. The highest BCUT2D eigenvalue weighted by molar-refractivity contribution is 9.10. The molecule has 2 heterocycles. The van der Waals surface area contributed by atoms with Crippen LogP contribution in [0.3, 0.4) is 0 Å². The lowest BCUT2D eigenvalue weighted by Gasteiger charge is -2.23. The van der Waals surface area contributed by atoms with Crippen LogP contribution in [-0.2, 0) is 13.1 Å². The van der Waals surface area contributed by atoms with Crippen molar-refractivity contribution in [3.05, 3.63) is 92.6 Å². The number of benzene rings is 1. The number of hydrogen-bond acceptors (Lipinski definition) is 5. The Kier molecular flexibility index (Phi) is 5.52. The lowest BCUT2D eigenvalue weighted by atomic mass is 10.2. The van der Waals surface area contributed by atoms with E-state index in [2.05, 4.69) is 25.9 Å². The van der Waals surface area contributed by atoms with Gasteiger partial charge in [0.2, 0.25) is 5.82 Å². The normalized spacial score (nSPS) is 10.5. The molecule has 0 radical (unpaired) electrons. The van der Waals surface area contributed by atoms with E-state index in [1.54, 1.807) is 35.4 Å². The van der Waals surface area contributed by atoms with Crippen LogP contribution in [0.5, 0.6) is 0 Å². The summed E-state index contributed by atoms with van der Waals surface area (Å²) >= 11 is 3.23. The van der Waals surface area contributed by atoms with Crippen LogP contribution >= 0.6 is 15.9 Å². The van der Waals surface area contributed by atoms with Gasteiger partial charge in [0.15, 0.2) is 0 Å². The van der Waals surface area contributed by atoms with Gasteiger partial charge in [0.25, 0.3) is 0 Å². The molecule has 8 heteroatoms. The Morgan fingerprint density at radius 3 is 2.58 bits per heavy atom. The van der Waals surface area contributed by atoms with Gasteiger partial charge in [0.05, 0.1) is 17.2 Å². The molecule has 132 valence electrons. The van der Waals surface area contributed by atoms with E-state index in [-0.39, 0.29) is 24.6 Å². The highest BCUT2D eigenvalue weighted by Gasteiger charge is 2.22. The third kappa shape index (κ3) is 4.20. The van der Waals surface area contributed by atoms with Crippen molar-refractivity contribution in [3.8, 4) is 0 Å². The summed E-state index contributed by atoms with van der Waals surface area (Å²) in [5, 5.41) is 11.4. The molecule has 0 saturated heterocycles. The van der Waals surface area contributed by atoms with Gasteiger partial charge in [-0.2, -0.15) is 0 Å². The summed E-state index contributed by atoms with van der Waals surface area (Å²) in [6, 6.07) is 13.0. The largest absolute Gasteiger partial charge is 0.341 e. The number of pyridine rings is 2. The molecular weight excluding hydrogens is 403 g/mol. The summed E-state index contributed by atoms with van der Waals surface area (Å²) in [6.07, 6.45) is 3.12. The molecular formula is C18H14BrFN4O2. The predicted molar refractivity (Wildman–Crippen MR) is 99.1 cm³/mol. The molecule has 0 aliphatic carbocycles. The summed E-state index contributed by atoms with van der Waals surface area (Å²) in [7, 11) is 0. The molecule has 6 nitrogen and oxygen atoms in total. The summed E-state index contributed by atoms with van der Waals surface area (Å²) in [4.78, 5) is 21.0. The monoisotopic (exact) mass is 416 g/mol. The predicted octanol–water partition coefficient (Wildman–Crippen LogP) is 4.49. The van der Waals surface area contributed by atoms with Crippen molar-refractivity contribution in [1.82, 2.24) is 9.97 Å². The zero-order chi connectivity index (χ0) is 18.5. The highest BCUT2D eigenvalue weighted by Crippen LogP contribution is 2.28. The second-order valence-corrected chi connectivity index (χ2v) is 6.43. The molecule has 0 bridgehead atoms. The van der Waals surface area contributed by atoms with Crippen molar-refractivity contribution < 1.29 is 9.31 Å². The molecule has 0 atom stereocenters. The summed E-state index contributed by atoms with van der Waals surface area (Å²) in [5.74, 6) is -0.227. The van der Waals surface area contributed by atoms with Crippen LogP contribution in [0.2, 0.25) is 0 Å². The van der Waals surface area contributed by atoms with Crippen LogP contribution in [0.15, 0.2) is 65.4 Å². The van der Waals surface area contributed by atoms with Crippen molar-refractivity contribution in [2.24, 2.45) is 0 Å². The van der Waals surface area contributed by atoms with Crippen molar-refractivity contribution in [2.75, 3.05) is 4.90 Å². The van der Waals surface area contributed by atoms with Crippen molar-refractivity contribution in [3.63, 3.8) is 0 Å². The Balaban J connectivity index is 2.00. The van der Waals surface area contributed by atoms with Gasteiger partial charge < -0.3 is 4.90 Å². The number of aromatic nitrogens is 2. The molecule has 0 N–H and O–H groups in total. The molecule has 0 unspecified atom stereocenters. The zero-order valence-corrected chi connectivity index (χ0v) is 15.1. The van der Waals surface area contributed by atoms with Gasteiger partial charge in [0, 0.05) is 35.0 Å². The van der Waals surface area contributed by atoms with Crippen LogP contribution in [0, 0.1) is 15.9 Å². The van der Waals surface area contributed by atoms with Crippen molar-refractivity contribution >= 4 is 27.4 Å². The first-order chi connectivity index (χ1) is 12.5. The lowest BCUT2D eigenvalue weighted by molar-refractivity contribution is -0.384. The van der Waals surface area contributed by atoms with Gasteiger partial charge in [0.1, 0.15) is 5.82 Å². The fourth-order valence-electron chi connectivity index (χ4n) is 2.52. The van der Waals surface area contributed by atoms with E-state index in [0.29, 0.717) is 15.7 Å². The van der Waals surface area contributed by atoms with E-state index in [9.17, 15) is 14.5 Å². The van der Waals surface area contributed by atoms with E-state index >= 15 is 0 Å². The third-order valence-corrected chi connectivity index (χ3v) is 4.21. The Morgan fingerprint density at radius 1 is 1.08 bits per heavy atom. The van der Waals surface area contributed by atoms with Gasteiger partial charge in [-0.1, -0.05) is 28.1 Å². The van der Waals surface area contributed by atoms with Gasteiger partial charge in [-0.25, -0.2) is 9.37 Å². The number of anilines is 1. The topological polar surface area (TPSA) is 72.2 Å². The van der Waals surface area contributed by atoms with Gasteiger partial charge in [-0.3, -0.25) is 15.1 Å². The molecule has 0 aliphatic rings. The molecule has 2 aromatic heterocycles. The van der Waals surface area contributed by atoms with E-state index in [0.717, 1.165) is 0 Å². The van der Waals surface area contributed by atoms with Crippen LogP contribution in [0.4, 0.5) is 15.9 Å². The summed E-state index contributed by atoms with van der Waals surface area (Å²) in [5.41, 5.74) is 0.968. The van der Waals surface area contributed by atoms with Crippen molar-refractivity contribution in [1.29, 1.82) is 0 Å². The van der Waals surface area contributed by atoms with Crippen LogP contribution in [0.25, 0.3) is 0 Å². The van der Waals surface area contributed by atoms with Gasteiger partial charge >= 0.3 is 5.69 Å². The first-order valence-electron chi connectivity index (χ1n) is 7.73. The van der Waals surface area contributed by atoms with Gasteiger partial charge in [-0.15, -0.1) is 0 Å². The SMILES string of the molecule is O=[N+]([O-])c1cccnc1N(Cc1ccccn1)Cc1ccc(Br)cc1F. The molecule has 0 fully saturated rings. The maximum absolute atomic E-state index is 14.3. The molecule has 0 aliphatic heterocycles. The third-order valence-electron chi connectivity index (χ3n) is 3.72. The number of nitro groups is 1. The number of halogens is 2. The minimum absolute atomic E-state index is 0.119. The molecule has 1 aromatic carbocycles. The first-order valence-corrected chi connectivity index (χ1v) is 8.52. The van der Waals surface area contributed by atoms with E-state index in [1.807, 2.05) is 6.07 Å². The number of nitrogens with zero attached hydrogens (tertiary/aromatic N) is 4. The average Bonchev–Trinajstić information content (AvgIpc) is 2.64. The average molecular weight is 417 g/mol. The van der Waals surface area contributed by atoms with Crippen LogP contribution in [0.1, 0.15) is 11.3 Å². The number of rotatable bonds is 6. The maximum atomic E-state index is 14.3. The van der Waals surface area contributed by atoms with Gasteiger partial charge in [-0.05, 0) is 30.3 Å². The standard InChI is InChI=1S/C18H14BrFN4O2/c19-14-7-6-13(16(20)10-14)11-23(12-15-4-1-2-8-21-15)18-17(24(25)26)5-3-9-22-18/h1-10H,11-12H2. The minimum atomic E-state index is -0.494. The molecule has 3 rings (SSSR count). The number of hydrogen-bond donors (Lipinski definition) is 0. The Labute approximate surface area is 157 Å².